The second-order valence-electron chi connectivity index (χ2n) is 5.75. The fraction of sp³-hybridized carbons (Fsp3) is 0.500. The number of aryl methyl sites for hydroxylation is 1. The van der Waals surface area contributed by atoms with Gasteiger partial charge in [0.1, 0.15) is 12.2 Å². The molecular formula is C16H21N3O. The molecule has 106 valence electrons. The largest absolute Gasteiger partial charge is 0.392 e. The first-order valence-corrected chi connectivity index (χ1v) is 7.29. The van der Waals surface area contributed by atoms with Gasteiger partial charge >= 0.3 is 0 Å². The van der Waals surface area contributed by atoms with E-state index in [-0.39, 0.29) is 5.41 Å². The zero-order chi connectivity index (χ0) is 14.0. The third-order valence-electron chi connectivity index (χ3n) is 4.66. The summed E-state index contributed by atoms with van der Waals surface area (Å²) in [7, 11) is 1.87. The highest BCUT2D eigenvalue weighted by molar-refractivity contribution is 5.28. The number of rotatable bonds is 4. The Kier molecular flexibility index (Phi) is 3.57. The maximum atomic E-state index is 10.9. The van der Waals surface area contributed by atoms with Crippen molar-refractivity contribution in [1.82, 2.24) is 14.8 Å². The van der Waals surface area contributed by atoms with Crippen molar-refractivity contribution < 1.29 is 5.11 Å². The minimum atomic E-state index is -0.407. The van der Waals surface area contributed by atoms with E-state index in [1.54, 1.807) is 11.0 Å². The van der Waals surface area contributed by atoms with Gasteiger partial charge in [-0.25, -0.2) is 4.98 Å². The fourth-order valence-corrected chi connectivity index (χ4v) is 3.46. The number of aromatic nitrogens is 3. The van der Waals surface area contributed by atoms with Gasteiger partial charge in [0.2, 0.25) is 0 Å². The summed E-state index contributed by atoms with van der Waals surface area (Å²) >= 11 is 0. The van der Waals surface area contributed by atoms with Gasteiger partial charge in [-0.15, -0.1) is 0 Å². The number of benzene rings is 1. The van der Waals surface area contributed by atoms with Crippen LogP contribution in [0.3, 0.4) is 0 Å². The van der Waals surface area contributed by atoms with E-state index < -0.39 is 6.10 Å². The van der Waals surface area contributed by atoms with Gasteiger partial charge in [0.15, 0.2) is 0 Å². The number of hydrogen-bond donors (Lipinski definition) is 1. The molecule has 1 aromatic heterocycles. The average Bonchev–Trinajstić information content (AvgIpc) is 3.11. The highest BCUT2D eigenvalue weighted by Crippen LogP contribution is 2.44. The minimum absolute atomic E-state index is 0.118. The Morgan fingerprint density at radius 2 is 1.95 bits per heavy atom. The van der Waals surface area contributed by atoms with Gasteiger partial charge in [0.05, 0.1) is 6.10 Å². The third kappa shape index (κ3) is 2.24. The van der Waals surface area contributed by atoms with Crippen LogP contribution in [-0.2, 0) is 18.9 Å². The second kappa shape index (κ2) is 5.37. The number of hydrogen-bond acceptors (Lipinski definition) is 3. The summed E-state index contributed by atoms with van der Waals surface area (Å²) < 4.78 is 1.75. The lowest BCUT2D eigenvalue weighted by Gasteiger charge is -2.34. The molecule has 20 heavy (non-hydrogen) atoms. The molecule has 1 aliphatic rings. The van der Waals surface area contributed by atoms with Crippen LogP contribution < -0.4 is 0 Å². The van der Waals surface area contributed by atoms with Crippen LogP contribution in [0.15, 0.2) is 36.7 Å². The highest BCUT2D eigenvalue weighted by atomic mass is 16.3. The Morgan fingerprint density at radius 1 is 1.25 bits per heavy atom. The molecule has 4 heteroatoms. The summed E-state index contributed by atoms with van der Waals surface area (Å²) in [5.41, 5.74) is 1.14. The predicted octanol–water partition coefficient (Wildman–Crippen LogP) is 2.23. The molecule has 0 spiro atoms. The lowest BCUT2D eigenvalue weighted by atomic mass is 9.73. The summed E-state index contributed by atoms with van der Waals surface area (Å²) in [6.45, 7) is 0. The Balaban J connectivity index is 1.89. The van der Waals surface area contributed by atoms with Crippen LogP contribution in [0.25, 0.3) is 0 Å². The topological polar surface area (TPSA) is 50.9 Å². The quantitative estimate of drug-likeness (QED) is 0.927. The Morgan fingerprint density at radius 3 is 2.55 bits per heavy atom. The molecule has 1 heterocycles. The monoisotopic (exact) mass is 271 g/mol. The van der Waals surface area contributed by atoms with Gasteiger partial charge < -0.3 is 5.11 Å². The molecule has 0 bridgehead atoms. The molecule has 1 fully saturated rings. The molecule has 2 aromatic rings. The van der Waals surface area contributed by atoms with Gasteiger partial charge in [0.25, 0.3) is 0 Å². The van der Waals surface area contributed by atoms with E-state index >= 15 is 0 Å². The van der Waals surface area contributed by atoms with Crippen molar-refractivity contribution in [1.29, 1.82) is 0 Å². The molecule has 1 saturated carbocycles. The molecule has 1 atom stereocenters. The molecule has 3 rings (SSSR count). The first-order chi connectivity index (χ1) is 9.72. The smallest absolute Gasteiger partial charge is 0.138 e. The van der Waals surface area contributed by atoms with E-state index in [0.717, 1.165) is 18.7 Å². The molecule has 0 aliphatic heterocycles. The molecular weight excluding hydrogens is 250 g/mol. The summed E-state index contributed by atoms with van der Waals surface area (Å²) in [6.07, 6.45) is 6.18. The predicted molar refractivity (Wildman–Crippen MR) is 77.3 cm³/mol. The molecule has 1 aromatic carbocycles. The van der Waals surface area contributed by atoms with Gasteiger partial charge in [-0.05, 0) is 18.4 Å². The van der Waals surface area contributed by atoms with Crippen molar-refractivity contribution in [3.05, 3.63) is 48.0 Å². The van der Waals surface area contributed by atoms with Gasteiger partial charge in [-0.2, -0.15) is 5.10 Å². The lowest BCUT2D eigenvalue weighted by molar-refractivity contribution is 0.0799. The molecule has 1 unspecified atom stereocenters. The van der Waals surface area contributed by atoms with Crippen molar-refractivity contribution in [3.8, 4) is 0 Å². The summed E-state index contributed by atoms with van der Waals surface area (Å²) in [5.74, 6) is 0.847. The van der Waals surface area contributed by atoms with Gasteiger partial charge in [-0.1, -0.05) is 43.2 Å². The van der Waals surface area contributed by atoms with E-state index in [1.807, 2.05) is 13.1 Å². The molecule has 4 nitrogen and oxygen atoms in total. The van der Waals surface area contributed by atoms with E-state index in [0.29, 0.717) is 6.42 Å². The first kappa shape index (κ1) is 13.3. The summed E-state index contributed by atoms with van der Waals surface area (Å²) in [4.78, 5) is 4.24. The van der Waals surface area contributed by atoms with Crippen molar-refractivity contribution in [3.63, 3.8) is 0 Å². The Hall–Kier alpha value is -1.68. The van der Waals surface area contributed by atoms with E-state index in [9.17, 15) is 5.11 Å². The zero-order valence-corrected chi connectivity index (χ0v) is 11.9. The van der Waals surface area contributed by atoms with Crippen LogP contribution in [0.5, 0.6) is 0 Å². The molecule has 0 amide bonds. The number of nitrogens with zero attached hydrogens (tertiary/aromatic N) is 3. The Labute approximate surface area is 119 Å². The fourth-order valence-electron chi connectivity index (χ4n) is 3.46. The first-order valence-electron chi connectivity index (χ1n) is 7.29. The maximum absolute atomic E-state index is 10.9. The molecule has 0 radical (unpaired) electrons. The highest BCUT2D eigenvalue weighted by Gasteiger charge is 2.42. The van der Waals surface area contributed by atoms with Gasteiger partial charge in [0, 0.05) is 18.9 Å². The normalized spacial score (nSPS) is 19.1. The van der Waals surface area contributed by atoms with E-state index in [1.165, 1.54) is 18.4 Å². The maximum Gasteiger partial charge on any atom is 0.138 e. The van der Waals surface area contributed by atoms with Crippen molar-refractivity contribution >= 4 is 0 Å². The molecule has 1 N–H and O–H groups in total. The Bertz CT molecular complexity index is 558. The minimum Gasteiger partial charge on any atom is -0.392 e. The van der Waals surface area contributed by atoms with E-state index in [2.05, 4.69) is 34.3 Å². The van der Waals surface area contributed by atoms with Crippen molar-refractivity contribution in [2.45, 2.75) is 43.6 Å². The standard InChI is InChI=1S/C16H21N3O/c1-19-15(17-12-18-19)11-14(20)16(9-5-6-10-16)13-7-3-2-4-8-13/h2-4,7-8,12,14,20H,5-6,9-11H2,1H3. The SMILES string of the molecule is Cn1ncnc1CC(O)C1(c2ccccc2)CCCC1. The molecule has 1 aliphatic carbocycles. The lowest BCUT2D eigenvalue weighted by Crippen LogP contribution is -2.39. The van der Waals surface area contributed by atoms with E-state index in [4.69, 9.17) is 0 Å². The van der Waals surface area contributed by atoms with Crippen molar-refractivity contribution in [2.24, 2.45) is 7.05 Å². The van der Waals surface area contributed by atoms with Crippen LogP contribution in [-0.4, -0.2) is 26.0 Å². The summed E-state index contributed by atoms with van der Waals surface area (Å²) in [6, 6.07) is 10.4. The zero-order valence-electron chi connectivity index (χ0n) is 11.9. The van der Waals surface area contributed by atoms with Crippen LogP contribution in [0.2, 0.25) is 0 Å². The average molecular weight is 271 g/mol. The number of aliphatic hydroxyl groups is 1. The third-order valence-corrected chi connectivity index (χ3v) is 4.66. The van der Waals surface area contributed by atoms with Crippen LogP contribution >= 0.6 is 0 Å². The summed E-state index contributed by atoms with van der Waals surface area (Å²) in [5, 5.41) is 15.0. The van der Waals surface area contributed by atoms with Crippen LogP contribution in [0.1, 0.15) is 37.1 Å². The number of aliphatic hydroxyl groups excluding tert-OH is 1. The molecule has 0 saturated heterocycles. The van der Waals surface area contributed by atoms with Gasteiger partial charge in [-0.3, -0.25) is 4.68 Å². The van der Waals surface area contributed by atoms with Crippen molar-refractivity contribution in [2.75, 3.05) is 0 Å². The van der Waals surface area contributed by atoms with Crippen LogP contribution in [0.4, 0.5) is 0 Å². The van der Waals surface area contributed by atoms with Crippen LogP contribution in [0, 0.1) is 0 Å². The second-order valence-corrected chi connectivity index (χ2v) is 5.75.